The van der Waals surface area contributed by atoms with Crippen LogP contribution in [0.15, 0.2) is 18.2 Å². The molecule has 1 atom stereocenters. The minimum atomic E-state index is -0.0828. The van der Waals surface area contributed by atoms with Crippen molar-refractivity contribution >= 4 is 0 Å². The van der Waals surface area contributed by atoms with E-state index in [-0.39, 0.29) is 6.04 Å². The van der Waals surface area contributed by atoms with Crippen LogP contribution in [0, 0.1) is 12.8 Å². The maximum absolute atomic E-state index is 9.63. The third kappa shape index (κ3) is 2.22. The molecule has 1 rings (SSSR count). The lowest BCUT2D eigenvalue weighted by atomic mass is 9.95. The molecule has 1 aromatic rings. The van der Waals surface area contributed by atoms with Crippen molar-refractivity contribution in [3.63, 3.8) is 0 Å². The van der Waals surface area contributed by atoms with E-state index in [1.54, 1.807) is 6.07 Å². The molecule has 1 aromatic carbocycles. The molecule has 0 aliphatic rings. The first-order valence-electron chi connectivity index (χ1n) is 4.57. The van der Waals surface area contributed by atoms with E-state index in [1.165, 1.54) is 0 Å². The van der Waals surface area contributed by atoms with E-state index in [4.69, 9.17) is 5.73 Å². The topological polar surface area (TPSA) is 46.2 Å². The lowest BCUT2D eigenvalue weighted by Gasteiger charge is -2.17. The molecule has 0 fully saturated rings. The van der Waals surface area contributed by atoms with Gasteiger partial charge in [0.25, 0.3) is 0 Å². The van der Waals surface area contributed by atoms with Crippen LogP contribution in [0.1, 0.15) is 31.0 Å². The second-order valence-electron chi connectivity index (χ2n) is 3.83. The molecule has 0 saturated carbocycles. The van der Waals surface area contributed by atoms with Gasteiger partial charge in [-0.3, -0.25) is 0 Å². The van der Waals surface area contributed by atoms with Gasteiger partial charge in [0.2, 0.25) is 0 Å². The van der Waals surface area contributed by atoms with Crippen LogP contribution >= 0.6 is 0 Å². The van der Waals surface area contributed by atoms with Crippen molar-refractivity contribution in [2.24, 2.45) is 11.7 Å². The molecule has 2 nitrogen and oxygen atoms in total. The van der Waals surface area contributed by atoms with E-state index < -0.39 is 0 Å². The van der Waals surface area contributed by atoms with Gasteiger partial charge in [-0.1, -0.05) is 26.0 Å². The van der Waals surface area contributed by atoms with Crippen LogP contribution in [0.3, 0.4) is 0 Å². The first kappa shape index (κ1) is 10.1. The molecule has 0 spiro atoms. The number of phenolic OH excluding ortho intramolecular Hbond substituents is 1. The summed E-state index contributed by atoms with van der Waals surface area (Å²) in [5.41, 5.74) is 7.82. The van der Waals surface area contributed by atoms with E-state index >= 15 is 0 Å². The number of aromatic hydroxyl groups is 1. The lowest BCUT2D eigenvalue weighted by Crippen LogP contribution is -2.16. The van der Waals surface area contributed by atoms with Gasteiger partial charge in [0.05, 0.1) is 0 Å². The van der Waals surface area contributed by atoms with E-state index in [1.807, 2.05) is 32.9 Å². The second kappa shape index (κ2) is 3.79. The zero-order valence-electron chi connectivity index (χ0n) is 8.41. The summed E-state index contributed by atoms with van der Waals surface area (Å²) in [5, 5.41) is 9.63. The summed E-state index contributed by atoms with van der Waals surface area (Å²) in [5.74, 6) is 0.648. The van der Waals surface area contributed by atoms with Crippen molar-refractivity contribution in [3.8, 4) is 5.75 Å². The zero-order chi connectivity index (χ0) is 10.0. The van der Waals surface area contributed by atoms with Gasteiger partial charge in [-0.05, 0) is 24.5 Å². The average molecular weight is 179 g/mol. The fourth-order valence-electron chi connectivity index (χ4n) is 1.29. The summed E-state index contributed by atoms with van der Waals surface area (Å²) in [7, 11) is 0. The number of hydrogen-bond donors (Lipinski definition) is 2. The largest absolute Gasteiger partial charge is 0.508 e. The number of phenols is 1. The molecule has 0 radical (unpaired) electrons. The normalized spacial score (nSPS) is 13.3. The number of aryl methyl sites for hydroxylation is 1. The van der Waals surface area contributed by atoms with Crippen LogP contribution in [0.25, 0.3) is 0 Å². The first-order valence-corrected chi connectivity index (χ1v) is 4.57. The minimum Gasteiger partial charge on any atom is -0.508 e. The molecule has 3 N–H and O–H groups in total. The van der Waals surface area contributed by atoms with E-state index in [0.29, 0.717) is 11.7 Å². The molecule has 13 heavy (non-hydrogen) atoms. The fraction of sp³-hybridized carbons (Fsp3) is 0.455. The summed E-state index contributed by atoms with van der Waals surface area (Å²) < 4.78 is 0. The number of benzene rings is 1. The molecule has 0 aromatic heterocycles. The highest BCUT2D eigenvalue weighted by Crippen LogP contribution is 2.27. The quantitative estimate of drug-likeness (QED) is 0.732. The predicted molar refractivity (Wildman–Crippen MR) is 54.6 cm³/mol. The molecule has 0 aliphatic carbocycles. The number of nitrogens with two attached hydrogens (primary N) is 1. The number of hydrogen-bond acceptors (Lipinski definition) is 2. The highest BCUT2D eigenvalue weighted by atomic mass is 16.3. The predicted octanol–water partition coefficient (Wildman–Crippen LogP) is 2.36. The van der Waals surface area contributed by atoms with Gasteiger partial charge >= 0.3 is 0 Å². The third-order valence-corrected chi connectivity index (χ3v) is 2.26. The van der Waals surface area contributed by atoms with Gasteiger partial charge in [0.1, 0.15) is 5.75 Å². The van der Waals surface area contributed by atoms with Gasteiger partial charge in [-0.2, -0.15) is 0 Å². The van der Waals surface area contributed by atoms with Crippen LogP contribution < -0.4 is 5.73 Å². The number of rotatable bonds is 2. The first-order chi connectivity index (χ1) is 6.02. The van der Waals surface area contributed by atoms with E-state index in [9.17, 15) is 5.11 Å². The molecule has 0 aliphatic heterocycles. The van der Waals surface area contributed by atoms with E-state index in [2.05, 4.69) is 0 Å². The summed E-state index contributed by atoms with van der Waals surface area (Å²) in [6, 6.07) is 5.53. The third-order valence-electron chi connectivity index (χ3n) is 2.26. The Labute approximate surface area is 79.4 Å². The Morgan fingerprint density at radius 2 is 1.92 bits per heavy atom. The smallest absolute Gasteiger partial charge is 0.120 e. The lowest BCUT2D eigenvalue weighted by molar-refractivity contribution is 0.439. The second-order valence-corrected chi connectivity index (χ2v) is 3.83. The summed E-state index contributed by atoms with van der Waals surface area (Å²) in [6.45, 7) is 6.04. The van der Waals surface area contributed by atoms with Crippen molar-refractivity contribution < 1.29 is 5.11 Å². The molecule has 0 amide bonds. The van der Waals surface area contributed by atoms with Crippen LogP contribution in [0.5, 0.6) is 5.75 Å². The van der Waals surface area contributed by atoms with Gasteiger partial charge < -0.3 is 10.8 Å². The van der Waals surface area contributed by atoms with Crippen molar-refractivity contribution in [2.45, 2.75) is 26.8 Å². The summed E-state index contributed by atoms with van der Waals surface area (Å²) in [6.07, 6.45) is 0. The molecule has 1 unspecified atom stereocenters. The molecule has 72 valence electrons. The van der Waals surface area contributed by atoms with Gasteiger partial charge in [-0.25, -0.2) is 0 Å². The Balaban J connectivity index is 3.01. The Hall–Kier alpha value is -1.02. The standard InChI is InChI=1S/C11H17NO/c1-7(2)11(12)9-5-4-8(3)6-10(9)13/h4-7,11,13H,12H2,1-3H3. The van der Waals surface area contributed by atoms with E-state index in [0.717, 1.165) is 11.1 Å². The Morgan fingerprint density at radius 1 is 1.31 bits per heavy atom. The SMILES string of the molecule is Cc1ccc(C(N)C(C)C)c(O)c1. The molecular weight excluding hydrogens is 162 g/mol. The Kier molecular flexibility index (Phi) is 2.94. The summed E-state index contributed by atoms with van der Waals surface area (Å²) >= 11 is 0. The molecule has 0 saturated heterocycles. The maximum atomic E-state index is 9.63. The van der Waals surface area contributed by atoms with Crippen LogP contribution in [-0.2, 0) is 0 Å². The van der Waals surface area contributed by atoms with Crippen molar-refractivity contribution in [1.29, 1.82) is 0 Å². The van der Waals surface area contributed by atoms with Crippen LogP contribution in [0.4, 0.5) is 0 Å². The van der Waals surface area contributed by atoms with Gasteiger partial charge in [-0.15, -0.1) is 0 Å². The van der Waals surface area contributed by atoms with Crippen LogP contribution in [-0.4, -0.2) is 5.11 Å². The highest BCUT2D eigenvalue weighted by molar-refractivity contribution is 5.38. The Bertz CT molecular complexity index is 294. The minimum absolute atomic E-state index is 0.0828. The molecule has 0 bridgehead atoms. The van der Waals surface area contributed by atoms with Crippen molar-refractivity contribution in [2.75, 3.05) is 0 Å². The monoisotopic (exact) mass is 179 g/mol. The van der Waals surface area contributed by atoms with Gasteiger partial charge in [0, 0.05) is 11.6 Å². The molecule has 2 heteroatoms. The summed E-state index contributed by atoms with van der Waals surface area (Å²) in [4.78, 5) is 0. The highest BCUT2D eigenvalue weighted by Gasteiger charge is 2.13. The van der Waals surface area contributed by atoms with Gasteiger partial charge in [0.15, 0.2) is 0 Å². The van der Waals surface area contributed by atoms with Crippen LogP contribution in [0.2, 0.25) is 0 Å². The molecular formula is C11H17NO. The average Bonchev–Trinajstić information content (AvgIpc) is 2.03. The fourth-order valence-corrected chi connectivity index (χ4v) is 1.29. The zero-order valence-corrected chi connectivity index (χ0v) is 8.41. The van der Waals surface area contributed by atoms with Crippen molar-refractivity contribution in [3.05, 3.63) is 29.3 Å². The maximum Gasteiger partial charge on any atom is 0.120 e. The Morgan fingerprint density at radius 3 is 2.38 bits per heavy atom. The molecule has 0 heterocycles. The van der Waals surface area contributed by atoms with Crippen molar-refractivity contribution in [1.82, 2.24) is 0 Å².